The Morgan fingerprint density at radius 2 is 0.838 bits per heavy atom. The van der Waals surface area contributed by atoms with Crippen molar-refractivity contribution in [1.29, 1.82) is 5.53 Å². The number of aliphatic hydroxyl groups is 1. The Morgan fingerprint density at radius 1 is 0.438 bits per heavy atom. The lowest BCUT2D eigenvalue weighted by molar-refractivity contribution is -0.145. The third-order valence-corrected chi connectivity index (χ3v) is 19.5. The average Bonchev–Trinajstić information content (AvgIpc) is 1.04. The first-order chi connectivity index (χ1) is 61.5. The Kier molecular flexibility index (Phi) is 40.1. The fraction of sp³-hybridized carbons (Fsp3) is 0.360. The van der Waals surface area contributed by atoms with Gasteiger partial charge in [-0.3, -0.25) is 86.3 Å². The number of aromatic amines is 1. The number of nitrogens with two attached hydrogens (primary N) is 2. The van der Waals surface area contributed by atoms with E-state index in [0.717, 1.165) is 51.5 Å². The fourth-order valence-corrected chi connectivity index (χ4v) is 12.9. The number of H-pyrrole nitrogens is 1. The number of phenolic OH excluding ortho intramolecular Hbond substituents is 1. The number of aromatic nitrogens is 2. The molecule has 0 aliphatic carbocycles. The van der Waals surface area contributed by atoms with Gasteiger partial charge in [0, 0.05) is 31.8 Å². The second-order valence-electron chi connectivity index (χ2n) is 30.7. The third-order valence-electron chi connectivity index (χ3n) is 19.5. The lowest BCUT2D eigenvalue weighted by Gasteiger charge is -2.28. The minimum Gasteiger partial charge on any atom is -0.508 e. The molecule has 5 aromatic carbocycles. The molecule has 694 valence electrons. The van der Waals surface area contributed by atoms with Crippen molar-refractivity contribution in [3.63, 3.8) is 0 Å². The highest BCUT2D eigenvalue weighted by Gasteiger charge is 2.40. The molecule has 0 fully saturated rings. The van der Waals surface area contributed by atoms with Crippen LogP contribution in [0.3, 0.4) is 0 Å². The van der Waals surface area contributed by atoms with Crippen LogP contribution >= 0.6 is 0 Å². The van der Waals surface area contributed by atoms with Crippen molar-refractivity contribution in [2.24, 2.45) is 28.4 Å². The summed E-state index contributed by atoms with van der Waals surface area (Å²) in [5, 5.41) is 102. The van der Waals surface area contributed by atoms with Crippen LogP contribution in [0.1, 0.15) is 132 Å². The number of carbonyl (C=O) groups excluding carboxylic acids is 13. The number of rotatable bonds is 52. The lowest BCUT2D eigenvalue weighted by Crippen LogP contribution is -2.61. The number of hydrogen-bond donors (Lipinski definition) is 24. The predicted molar refractivity (Wildman–Crippen MR) is 459 cm³/mol. The van der Waals surface area contributed by atoms with Crippen molar-refractivity contribution in [2.75, 3.05) is 6.54 Å². The Balaban J connectivity index is 1.10. The number of aromatic hydroxyl groups is 1. The maximum absolute atomic E-state index is 14.4. The van der Waals surface area contributed by atoms with Crippen LogP contribution in [0.5, 0.6) is 5.75 Å². The number of carbonyl (C=O) groups is 18. The van der Waals surface area contributed by atoms with E-state index in [1.54, 1.807) is 13.8 Å². The Morgan fingerprint density at radius 3 is 1.23 bits per heavy atom. The fourth-order valence-electron chi connectivity index (χ4n) is 12.9. The summed E-state index contributed by atoms with van der Waals surface area (Å²) in [5.41, 5.74) is 25.9. The zero-order valence-electron chi connectivity index (χ0n) is 71.3. The van der Waals surface area contributed by atoms with Crippen LogP contribution in [0.25, 0.3) is 11.1 Å². The van der Waals surface area contributed by atoms with E-state index >= 15 is 0 Å². The number of amides is 13. The van der Waals surface area contributed by atoms with Gasteiger partial charge in [-0.05, 0) is 88.8 Å². The van der Waals surface area contributed by atoms with Crippen LogP contribution in [0.2, 0.25) is 0 Å². The largest absolute Gasteiger partial charge is 0.508 e. The molecule has 26 N–H and O–H groups in total. The molecule has 13 atom stereocenters. The summed E-state index contributed by atoms with van der Waals surface area (Å²) in [4.78, 5) is 247. The predicted octanol–water partition coefficient (Wildman–Crippen LogP) is -1.17. The molecular weight excluding hydrogens is 1700 g/mol. The van der Waals surface area contributed by atoms with Crippen molar-refractivity contribution in [3.8, 4) is 5.75 Å². The number of hydrogen-bond acceptors (Lipinski definition) is 25. The summed E-state index contributed by atoms with van der Waals surface area (Å²) in [5.74, 6) is -27.3. The van der Waals surface area contributed by atoms with Crippen molar-refractivity contribution in [3.05, 3.63) is 203 Å². The molecule has 44 heteroatoms. The van der Waals surface area contributed by atoms with Gasteiger partial charge in [-0.1, -0.05) is 155 Å². The van der Waals surface area contributed by atoms with E-state index in [4.69, 9.17) is 17.0 Å². The molecule has 13 amide bonds. The maximum atomic E-state index is 14.4. The molecule has 0 aliphatic heterocycles. The minimum atomic E-state index is -2.44. The minimum absolute atomic E-state index is 0.109. The monoisotopic (exact) mass is 1800 g/mol. The number of phenols is 1. The van der Waals surface area contributed by atoms with Gasteiger partial charge in [0.1, 0.15) is 66.2 Å². The van der Waals surface area contributed by atoms with Crippen molar-refractivity contribution < 1.29 is 122 Å². The first-order valence-electron chi connectivity index (χ1n) is 40.5. The first kappa shape index (κ1) is 103. The van der Waals surface area contributed by atoms with E-state index in [2.05, 4.69) is 62.9 Å². The maximum Gasteiger partial charge on any atom is 0.305 e. The molecule has 0 aliphatic rings. The molecule has 6 aromatic rings. The second-order valence-corrected chi connectivity index (χ2v) is 30.7. The van der Waals surface area contributed by atoms with E-state index in [-0.39, 0.29) is 42.4 Å². The van der Waals surface area contributed by atoms with Crippen LogP contribution in [0, 0.1) is 17.4 Å². The van der Waals surface area contributed by atoms with Gasteiger partial charge in [-0.15, -0.1) is 0 Å². The molecule has 0 bridgehead atoms. The molecular formula is C86H105N19O25. The Hall–Kier alpha value is -15.6. The number of carboxylic acid groups (broad SMARTS) is 5. The van der Waals surface area contributed by atoms with Gasteiger partial charge >= 0.3 is 29.8 Å². The van der Waals surface area contributed by atoms with Crippen LogP contribution in [0.15, 0.2) is 169 Å². The topological polar surface area (TPSA) is 722 Å². The molecule has 6 rings (SSSR count). The van der Waals surface area contributed by atoms with E-state index in [1.165, 1.54) is 58.2 Å². The van der Waals surface area contributed by atoms with Gasteiger partial charge in [-0.25, -0.2) is 10.5 Å². The Labute approximate surface area is 743 Å². The summed E-state index contributed by atoms with van der Waals surface area (Å²) < 4.78 is 0. The number of nitrogens with one attached hydrogen (secondary N) is 15. The quantitative estimate of drug-likeness (QED) is 0.0158. The van der Waals surface area contributed by atoms with Crippen LogP contribution in [0.4, 0.5) is 0 Å². The number of aliphatic hydroxyl groups excluding tert-OH is 1. The van der Waals surface area contributed by atoms with Gasteiger partial charge in [0.25, 0.3) is 0 Å². The number of benzene rings is 5. The van der Waals surface area contributed by atoms with Crippen LogP contribution in [-0.4, -0.2) is 231 Å². The molecule has 0 radical (unpaired) electrons. The molecule has 2 unspecified atom stereocenters. The highest BCUT2D eigenvalue weighted by atomic mass is 16.4. The van der Waals surface area contributed by atoms with Crippen molar-refractivity contribution in [1.82, 2.24) is 79.1 Å². The molecule has 130 heavy (non-hydrogen) atoms. The standard InChI is InChI=1S/C86H105N19O25/c1-43(2)30-56(78(122)92-41-64(108)95-57(31-47-24-28-54(107)29-25-47)79(123)94-45(5)76(120)103-73(46(6)106)75(88)119)101-86(130)74(63-40-91-42-93-63)104-85(129)72(44(3)4)102-84(128)62(37-69(117)118)100-83(127)61(36-68(115)116)99-82(126)60(35-67(113)114)98-81(125)59(34-66(111)112)97-80(124)58(33-65(109)110)96-77(121)55(87)32-53(105-89)39-90-38-48-22-26-52(27-23-48)71(51-20-14-9-15-21-51)70(49-16-10-7-11-17-49)50-18-12-8-13-19-50/h7-29,39-40,42-46,55-62,72-74,89-90,106-107H,30-38,41,87H2,1-6H3,(H2,88,119)(H,91,93)(H,92,122)(H,94,123)(H,95,108)(H,96,121)(H,97,124)(H,98,125)(H,99,126)(H,100,127)(H,101,130)(H,102,128)(H,103,120)(H,104,129)(H,109,110)(H,111,112)(H,113,114)(H,115,116)(H,117,118)/b53-39-,105-89?/t45-,46?,55?,56-,57-,58-,59-,60-,61-,62-,72-,73-,74-/m0/s1. The lowest BCUT2D eigenvalue weighted by atomic mass is 9.85. The summed E-state index contributed by atoms with van der Waals surface area (Å²) in [6, 6.07) is 19.9. The highest BCUT2D eigenvalue weighted by Crippen LogP contribution is 2.37. The number of imidazole rings is 1. The normalized spacial score (nSPS) is 14.1. The number of aliphatic carboxylic acids is 5. The smallest absolute Gasteiger partial charge is 0.305 e. The van der Waals surface area contributed by atoms with E-state index in [0.29, 0.717) is 5.56 Å². The zero-order chi connectivity index (χ0) is 96.2. The van der Waals surface area contributed by atoms with E-state index in [9.17, 15) is 122 Å². The van der Waals surface area contributed by atoms with E-state index in [1.807, 2.05) is 137 Å². The number of carboxylic acids is 5. The first-order valence-corrected chi connectivity index (χ1v) is 40.5. The van der Waals surface area contributed by atoms with Gasteiger partial charge in [0.2, 0.25) is 76.8 Å². The molecule has 0 spiro atoms. The number of nitrogens with zero attached hydrogens (tertiary/aromatic N) is 2. The second kappa shape index (κ2) is 50.5. The van der Waals surface area contributed by atoms with Gasteiger partial charge in [-0.2, -0.15) is 5.11 Å². The van der Waals surface area contributed by atoms with Gasteiger partial charge < -0.3 is 121 Å². The summed E-state index contributed by atoms with van der Waals surface area (Å²) in [7, 11) is 0. The average molecular weight is 1800 g/mol. The van der Waals surface area contributed by atoms with Crippen molar-refractivity contribution >= 4 is 118 Å². The summed E-state index contributed by atoms with van der Waals surface area (Å²) in [6.07, 6.45) is -5.66. The summed E-state index contributed by atoms with van der Waals surface area (Å²) in [6.45, 7) is 7.78. The van der Waals surface area contributed by atoms with Crippen LogP contribution < -0.4 is 80.6 Å². The Bertz CT molecular complexity index is 5060. The molecule has 44 nitrogen and oxygen atoms in total. The SMILES string of the molecule is CC(C)C[C@H](NC(=O)[C@@H](NC(=O)[C@@H](NC(=O)[C@H](CC(=O)O)NC(=O)[C@H](CC(=O)O)NC(=O)[C@H](CC(=O)O)NC(=O)[C@H](CC(=O)O)NC(=O)[C@H](CC(=O)O)NC(=O)C(N)C/C(=C/NCc1ccc(C(=C(c2ccccc2)c2ccccc2)c2ccccc2)cc1)N=N)C(C)C)c1c[nH]cn1)C(=O)NCC(=O)N[C@@H](Cc1ccc(O)cc1)C(=O)N[C@@H](C)C(=O)N[C@H](C(N)=O)C(C)O. The zero-order valence-corrected chi connectivity index (χ0v) is 71.3. The van der Waals surface area contributed by atoms with Gasteiger partial charge in [0.05, 0.1) is 68.5 Å². The van der Waals surface area contributed by atoms with Crippen molar-refractivity contribution in [2.45, 2.75) is 178 Å². The number of primary amides is 1. The van der Waals surface area contributed by atoms with Crippen LogP contribution in [-0.2, 0) is 99.3 Å². The molecule has 0 saturated heterocycles. The molecule has 1 aromatic heterocycles. The molecule has 0 saturated carbocycles. The highest BCUT2D eigenvalue weighted by molar-refractivity contribution is 6.06. The van der Waals surface area contributed by atoms with Gasteiger partial charge in [0.15, 0.2) is 6.04 Å². The summed E-state index contributed by atoms with van der Waals surface area (Å²) >= 11 is 0. The molecule has 1 heterocycles. The third kappa shape index (κ3) is 33.4. The van der Waals surface area contributed by atoms with E-state index < -0.39 is 236 Å².